The Labute approximate surface area is 72.8 Å². The average Bonchev–Trinajstić information content (AvgIpc) is 2.04. The van der Waals surface area contributed by atoms with Crippen molar-refractivity contribution in [1.82, 2.24) is 0 Å². The maximum absolute atomic E-state index is 9.08. The van der Waals surface area contributed by atoms with Gasteiger partial charge in [-0.15, -0.1) is 0 Å². The predicted molar refractivity (Wildman–Crippen MR) is 44.5 cm³/mol. The molecule has 1 aliphatic heterocycles. The van der Waals surface area contributed by atoms with Crippen molar-refractivity contribution < 1.29 is 20.1 Å². The minimum Gasteiger partial charge on any atom is -0.390 e. The summed E-state index contributed by atoms with van der Waals surface area (Å²) in [6, 6.07) is 0. The molecule has 0 aliphatic carbocycles. The number of hydrogen-bond donors (Lipinski definition) is 3. The smallest absolute Gasteiger partial charge is 0.157 e. The first-order chi connectivity index (χ1) is 5.61. The highest BCUT2D eigenvalue weighted by molar-refractivity contribution is 4.78. The molecule has 12 heavy (non-hydrogen) atoms. The van der Waals surface area contributed by atoms with Crippen LogP contribution in [0.3, 0.4) is 0 Å². The van der Waals surface area contributed by atoms with Gasteiger partial charge in [0.25, 0.3) is 0 Å². The van der Waals surface area contributed by atoms with Gasteiger partial charge in [0, 0.05) is 6.42 Å². The Morgan fingerprint density at radius 1 is 1.17 bits per heavy atom. The lowest BCUT2D eigenvalue weighted by Gasteiger charge is -2.32. The van der Waals surface area contributed by atoms with Crippen molar-refractivity contribution in [3.63, 3.8) is 0 Å². The summed E-state index contributed by atoms with van der Waals surface area (Å²) in [4.78, 5) is 0. The maximum Gasteiger partial charge on any atom is 0.157 e. The molecule has 4 atom stereocenters. The summed E-state index contributed by atoms with van der Waals surface area (Å²) >= 11 is 0. The van der Waals surface area contributed by atoms with E-state index in [1.807, 2.05) is 13.8 Å². The maximum atomic E-state index is 9.08. The van der Waals surface area contributed by atoms with E-state index in [1.165, 1.54) is 0 Å². The van der Waals surface area contributed by atoms with Gasteiger partial charge in [-0.3, -0.25) is 0 Å². The highest BCUT2D eigenvalue weighted by atomic mass is 16.6. The number of hydrogen-bond acceptors (Lipinski definition) is 4. The fraction of sp³-hybridized carbons (Fsp3) is 1.00. The van der Waals surface area contributed by atoms with E-state index < -0.39 is 24.6 Å². The van der Waals surface area contributed by atoms with Gasteiger partial charge in [-0.1, -0.05) is 13.8 Å². The van der Waals surface area contributed by atoms with Crippen LogP contribution in [0, 0.1) is 0 Å². The van der Waals surface area contributed by atoms with Crippen molar-refractivity contribution in [2.75, 3.05) is 0 Å². The van der Waals surface area contributed by atoms with Crippen LogP contribution in [0.2, 0.25) is 0 Å². The SMILES string of the molecule is CC.C[C@@H]1O[C@@H](O)CC(O)[C@H]1O. The quantitative estimate of drug-likeness (QED) is 0.483. The molecule has 0 amide bonds. The molecular formula is C8H18O4. The fourth-order valence-corrected chi connectivity index (χ4v) is 1.04. The highest BCUT2D eigenvalue weighted by Gasteiger charge is 2.32. The molecule has 0 aromatic rings. The lowest BCUT2D eigenvalue weighted by atomic mass is 10.0. The van der Waals surface area contributed by atoms with Crippen molar-refractivity contribution in [3.05, 3.63) is 0 Å². The summed E-state index contributed by atoms with van der Waals surface area (Å²) in [6.07, 6.45) is -3.07. The first-order valence-corrected chi connectivity index (χ1v) is 4.31. The highest BCUT2D eigenvalue weighted by Crippen LogP contribution is 2.17. The largest absolute Gasteiger partial charge is 0.390 e. The molecular weight excluding hydrogens is 160 g/mol. The van der Waals surface area contributed by atoms with Crippen LogP contribution >= 0.6 is 0 Å². The van der Waals surface area contributed by atoms with Gasteiger partial charge in [-0.2, -0.15) is 0 Å². The average molecular weight is 178 g/mol. The fourth-order valence-electron chi connectivity index (χ4n) is 1.04. The van der Waals surface area contributed by atoms with Crippen LogP contribution in [-0.2, 0) is 4.74 Å². The lowest BCUT2D eigenvalue weighted by Crippen LogP contribution is -2.46. The second kappa shape index (κ2) is 5.48. The van der Waals surface area contributed by atoms with Gasteiger partial charge in [-0.05, 0) is 6.92 Å². The van der Waals surface area contributed by atoms with Crippen molar-refractivity contribution in [1.29, 1.82) is 0 Å². The van der Waals surface area contributed by atoms with E-state index in [-0.39, 0.29) is 6.42 Å². The monoisotopic (exact) mass is 178 g/mol. The molecule has 1 rings (SSSR count). The summed E-state index contributed by atoms with van der Waals surface area (Å²) in [5, 5.41) is 27.0. The van der Waals surface area contributed by atoms with Gasteiger partial charge in [0.2, 0.25) is 0 Å². The van der Waals surface area contributed by atoms with Crippen LogP contribution in [0.4, 0.5) is 0 Å². The molecule has 0 spiro atoms. The summed E-state index contributed by atoms with van der Waals surface area (Å²) in [5.74, 6) is 0. The van der Waals surface area contributed by atoms with Crippen molar-refractivity contribution >= 4 is 0 Å². The summed E-state index contributed by atoms with van der Waals surface area (Å²) < 4.78 is 4.81. The van der Waals surface area contributed by atoms with Crippen LogP contribution in [0.5, 0.6) is 0 Å². The van der Waals surface area contributed by atoms with Crippen LogP contribution in [-0.4, -0.2) is 39.9 Å². The molecule has 0 saturated carbocycles. The first kappa shape index (κ1) is 11.8. The Bertz CT molecular complexity index is 106. The molecule has 1 unspecified atom stereocenters. The van der Waals surface area contributed by atoms with Crippen LogP contribution < -0.4 is 0 Å². The van der Waals surface area contributed by atoms with Gasteiger partial charge in [0.15, 0.2) is 6.29 Å². The summed E-state index contributed by atoms with van der Waals surface area (Å²) in [6.45, 7) is 5.61. The standard InChI is InChI=1S/C6H12O4.C2H6/c1-3-6(9)4(7)2-5(8)10-3;1-2/h3-9H,2H2,1H3;1-2H3/t3-,4?,5+,6-;/m0./s1. The van der Waals surface area contributed by atoms with Crippen molar-refractivity contribution in [2.45, 2.75) is 51.8 Å². The summed E-state index contributed by atoms with van der Waals surface area (Å²) in [5.41, 5.74) is 0. The Hall–Kier alpha value is -0.160. The molecule has 1 fully saturated rings. The normalized spacial score (nSPS) is 41.5. The van der Waals surface area contributed by atoms with E-state index in [0.717, 1.165) is 0 Å². The van der Waals surface area contributed by atoms with E-state index in [2.05, 4.69) is 0 Å². The molecule has 4 heteroatoms. The lowest BCUT2D eigenvalue weighted by molar-refractivity contribution is -0.226. The molecule has 0 radical (unpaired) electrons. The number of rotatable bonds is 0. The van der Waals surface area contributed by atoms with E-state index >= 15 is 0 Å². The Balaban J connectivity index is 0.000000561. The van der Waals surface area contributed by atoms with Gasteiger partial charge in [-0.25, -0.2) is 0 Å². The minimum absolute atomic E-state index is 0.0888. The van der Waals surface area contributed by atoms with E-state index in [1.54, 1.807) is 6.92 Å². The third-order valence-corrected chi connectivity index (χ3v) is 1.69. The summed E-state index contributed by atoms with van der Waals surface area (Å²) in [7, 11) is 0. The van der Waals surface area contributed by atoms with Crippen LogP contribution in [0.15, 0.2) is 0 Å². The zero-order valence-electron chi connectivity index (χ0n) is 7.77. The second-order valence-electron chi connectivity index (χ2n) is 2.59. The van der Waals surface area contributed by atoms with E-state index in [9.17, 15) is 0 Å². The predicted octanol–water partition coefficient (Wildman–Crippen LogP) is -0.138. The van der Waals surface area contributed by atoms with Gasteiger partial charge in [0.1, 0.15) is 6.10 Å². The molecule has 1 heterocycles. The zero-order chi connectivity index (χ0) is 9.72. The molecule has 4 nitrogen and oxygen atoms in total. The third-order valence-electron chi connectivity index (χ3n) is 1.69. The molecule has 74 valence electrons. The van der Waals surface area contributed by atoms with Gasteiger partial charge < -0.3 is 20.1 Å². The Morgan fingerprint density at radius 3 is 2.08 bits per heavy atom. The minimum atomic E-state index is -0.937. The van der Waals surface area contributed by atoms with Crippen LogP contribution in [0.1, 0.15) is 27.2 Å². The number of aliphatic hydroxyl groups is 3. The van der Waals surface area contributed by atoms with Crippen molar-refractivity contribution in [3.8, 4) is 0 Å². The van der Waals surface area contributed by atoms with E-state index in [4.69, 9.17) is 20.1 Å². The number of ether oxygens (including phenoxy) is 1. The molecule has 0 aromatic carbocycles. The number of aliphatic hydroxyl groups excluding tert-OH is 3. The van der Waals surface area contributed by atoms with Crippen LogP contribution in [0.25, 0.3) is 0 Å². The molecule has 0 bridgehead atoms. The zero-order valence-corrected chi connectivity index (χ0v) is 7.77. The van der Waals surface area contributed by atoms with Crippen molar-refractivity contribution in [2.24, 2.45) is 0 Å². The molecule has 0 aromatic heterocycles. The molecule has 1 saturated heterocycles. The van der Waals surface area contributed by atoms with Gasteiger partial charge >= 0.3 is 0 Å². The third kappa shape index (κ3) is 3.06. The Morgan fingerprint density at radius 2 is 1.67 bits per heavy atom. The molecule has 3 N–H and O–H groups in total. The van der Waals surface area contributed by atoms with Gasteiger partial charge in [0.05, 0.1) is 12.2 Å². The second-order valence-corrected chi connectivity index (χ2v) is 2.59. The molecule has 1 aliphatic rings. The first-order valence-electron chi connectivity index (χ1n) is 4.31. The van der Waals surface area contributed by atoms with E-state index in [0.29, 0.717) is 0 Å². The Kier molecular flexibility index (Phi) is 5.41. The topological polar surface area (TPSA) is 69.9 Å².